The fourth-order valence-corrected chi connectivity index (χ4v) is 1.96. The van der Waals surface area contributed by atoms with Crippen LogP contribution in [0.4, 0.5) is 9.59 Å². The van der Waals surface area contributed by atoms with Gasteiger partial charge in [0.05, 0.1) is 12.5 Å². The monoisotopic (exact) mass is 259 g/mol. The maximum absolute atomic E-state index is 11.4. The summed E-state index contributed by atoms with van der Waals surface area (Å²) in [7, 11) is 0. The molecule has 8 nitrogen and oxygen atoms in total. The molecule has 0 heterocycles. The first-order chi connectivity index (χ1) is 8.50. The standard InChI is InChI=1S/C10H17N3O5/c11-9(16)18-5-4-12-10(17)13-7-3-1-2-6(7)8(14)15/h6-7H,1-5H2,(H2,11,16)(H,14,15)(H2,12,13,17). The molecule has 2 atom stereocenters. The molecule has 5 N–H and O–H groups in total. The number of ether oxygens (including phenoxy) is 1. The van der Waals surface area contributed by atoms with E-state index in [1.165, 1.54) is 0 Å². The second-order valence-electron chi connectivity index (χ2n) is 4.05. The van der Waals surface area contributed by atoms with E-state index in [-0.39, 0.29) is 19.2 Å². The van der Waals surface area contributed by atoms with Crippen molar-refractivity contribution in [2.75, 3.05) is 13.2 Å². The predicted octanol–water partition coefficient (Wildman–Crippen LogP) is -0.366. The molecule has 2 unspecified atom stereocenters. The van der Waals surface area contributed by atoms with Gasteiger partial charge in [0.15, 0.2) is 0 Å². The van der Waals surface area contributed by atoms with Gasteiger partial charge in [0.2, 0.25) is 0 Å². The Morgan fingerprint density at radius 1 is 1.33 bits per heavy atom. The third-order valence-electron chi connectivity index (χ3n) is 2.78. The minimum atomic E-state index is -0.904. The molecule has 0 bridgehead atoms. The molecule has 1 rings (SSSR count). The average Bonchev–Trinajstić information content (AvgIpc) is 2.72. The van der Waals surface area contributed by atoms with Crippen molar-refractivity contribution in [1.82, 2.24) is 10.6 Å². The number of aliphatic carboxylic acids is 1. The Labute approximate surface area is 104 Å². The summed E-state index contributed by atoms with van der Waals surface area (Å²) in [5.74, 6) is -1.42. The van der Waals surface area contributed by atoms with Crippen molar-refractivity contribution in [2.24, 2.45) is 11.7 Å². The van der Waals surface area contributed by atoms with Crippen molar-refractivity contribution in [3.8, 4) is 0 Å². The zero-order valence-corrected chi connectivity index (χ0v) is 9.85. The lowest BCUT2D eigenvalue weighted by molar-refractivity contribution is -0.142. The first kappa shape index (κ1) is 14.1. The summed E-state index contributed by atoms with van der Waals surface area (Å²) in [6, 6.07) is -0.819. The fraction of sp³-hybridized carbons (Fsp3) is 0.700. The highest BCUT2D eigenvalue weighted by atomic mass is 16.5. The summed E-state index contributed by atoms with van der Waals surface area (Å²) in [5, 5.41) is 14.0. The van der Waals surface area contributed by atoms with E-state index < -0.39 is 24.0 Å². The highest BCUT2D eigenvalue weighted by Crippen LogP contribution is 2.25. The van der Waals surface area contributed by atoms with Gasteiger partial charge in [0.1, 0.15) is 6.61 Å². The van der Waals surface area contributed by atoms with E-state index in [9.17, 15) is 14.4 Å². The average molecular weight is 259 g/mol. The van der Waals surface area contributed by atoms with Crippen molar-refractivity contribution in [1.29, 1.82) is 0 Å². The highest BCUT2D eigenvalue weighted by molar-refractivity contribution is 5.77. The van der Waals surface area contributed by atoms with Gasteiger partial charge in [-0.2, -0.15) is 0 Å². The largest absolute Gasteiger partial charge is 0.481 e. The Balaban J connectivity index is 2.23. The number of rotatable bonds is 5. The van der Waals surface area contributed by atoms with Crippen LogP contribution >= 0.6 is 0 Å². The molecule has 8 heteroatoms. The summed E-state index contributed by atoms with van der Waals surface area (Å²) < 4.78 is 4.42. The first-order valence-corrected chi connectivity index (χ1v) is 5.70. The molecule has 1 aliphatic rings. The first-order valence-electron chi connectivity index (χ1n) is 5.70. The molecule has 102 valence electrons. The van der Waals surface area contributed by atoms with Gasteiger partial charge in [-0.05, 0) is 12.8 Å². The molecule has 1 aliphatic carbocycles. The van der Waals surface area contributed by atoms with Crippen LogP contribution in [-0.2, 0) is 9.53 Å². The molecule has 0 saturated heterocycles. The van der Waals surface area contributed by atoms with E-state index in [1.807, 2.05) is 0 Å². The number of nitrogens with two attached hydrogens (primary N) is 1. The van der Waals surface area contributed by atoms with Crippen LogP contribution in [0.25, 0.3) is 0 Å². The van der Waals surface area contributed by atoms with Crippen LogP contribution in [0.1, 0.15) is 19.3 Å². The number of carboxylic acid groups (broad SMARTS) is 1. The third-order valence-corrected chi connectivity index (χ3v) is 2.78. The van der Waals surface area contributed by atoms with Crippen LogP contribution in [0.3, 0.4) is 0 Å². The lowest BCUT2D eigenvalue weighted by atomic mass is 10.0. The van der Waals surface area contributed by atoms with E-state index in [0.717, 1.165) is 6.42 Å². The van der Waals surface area contributed by atoms with Gasteiger partial charge in [0, 0.05) is 6.04 Å². The summed E-state index contributed by atoms with van der Waals surface area (Å²) >= 11 is 0. The Kier molecular flexibility index (Phi) is 5.22. The molecule has 0 aromatic carbocycles. The Morgan fingerprint density at radius 2 is 2.06 bits per heavy atom. The normalized spacial score (nSPS) is 22.2. The lowest BCUT2D eigenvalue weighted by Gasteiger charge is -2.17. The zero-order valence-electron chi connectivity index (χ0n) is 9.85. The van der Waals surface area contributed by atoms with Gasteiger partial charge in [-0.1, -0.05) is 6.42 Å². The number of nitrogens with one attached hydrogen (secondary N) is 2. The fourth-order valence-electron chi connectivity index (χ4n) is 1.96. The number of carbonyl (C=O) groups excluding carboxylic acids is 2. The van der Waals surface area contributed by atoms with Crippen LogP contribution in [0.2, 0.25) is 0 Å². The zero-order chi connectivity index (χ0) is 13.5. The molecule has 1 saturated carbocycles. The predicted molar refractivity (Wildman–Crippen MR) is 60.8 cm³/mol. The number of hydrogen-bond donors (Lipinski definition) is 4. The quantitative estimate of drug-likeness (QED) is 0.500. The van der Waals surface area contributed by atoms with Gasteiger partial charge >= 0.3 is 18.1 Å². The SMILES string of the molecule is NC(=O)OCCNC(=O)NC1CCCC1C(=O)O. The Morgan fingerprint density at radius 3 is 2.67 bits per heavy atom. The topological polar surface area (TPSA) is 131 Å². The molecule has 18 heavy (non-hydrogen) atoms. The smallest absolute Gasteiger partial charge is 0.404 e. The molecule has 0 spiro atoms. The maximum Gasteiger partial charge on any atom is 0.404 e. The lowest BCUT2D eigenvalue weighted by Crippen LogP contribution is -2.46. The van der Waals surface area contributed by atoms with E-state index in [4.69, 9.17) is 10.8 Å². The Bertz CT molecular complexity index is 333. The van der Waals surface area contributed by atoms with E-state index >= 15 is 0 Å². The number of urea groups is 1. The molecule has 0 aliphatic heterocycles. The van der Waals surface area contributed by atoms with Crippen LogP contribution in [-0.4, -0.2) is 42.4 Å². The van der Waals surface area contributed by atoms with Crippen LogP contribution < -0.4 is 16.4 Å². The van der Waals surface area contributed by atoms with Crippen LogP contribution in [0, 0.1) is 5.92 Å². The number of primary amides is 1. The van der Waals surface area contributed by atoms with Crippen molar-refractivity contribution >= 4 is 18.1 Å². The second-order valence-corrected chi connectivity index (χ2v) is 4.05. The van der Waals surface area contributed by atoms with Gasteiger partial charge < -0.3 is 26.2 Å². The summed E-state index contributed by atoms with van der Waals surface area (Å²) in [6.45, 7) is 0.106. The number of carboxylic acids is 1. The van der Waals surface area contributed by atoms with Gasteiger partial charge in [-0.25, -0.2) is 9.59 Å². The number of carbonyl (C=O) groups is 3. The molecular formula is C10H17N3O5. The maximum atomic E-state index is 11.4. The third kappa shape index (κ3) is 4.48. The molecule has 1 fully saturated rings. The second kappa shape index (κ2) is 6.67. The van der Waals surface area contributed by atoms with Crippen molar-refractivity contribution in [3.63, 3.8) is 0 Å². The molecule has 0 aromatic rings. The van der Waals surface area contributed by atoms with Crippen molar-refractivity contribution < 1.29 is 24.2 Å². The summed E-state index contributed by atoms with van der Waals surface area (Å²) in [6.07, 6.45) is 1.11. The summed E-state index contributed by atoms with van der Waals surface area (Å²) in [4.78, 5) is 32.6. The van der Waals surface area contributed by atoms with Crippen molar-refractivity contribution in [2.45, 2.75) is 25.3 Å². The molecule has 0 aromatic heterocycles. The molecule has 3 amide bonds. The minimum Gasteiger partial charge on any atom is -0.481 e. The van der Waals surface area contributed by atoms with Gasteiger partial charge in [-0.3, -0.25) is 4.79 Å². The highest BCUT2D eigenvalue weighted by Gasteiger charge is 2.33. The summed E-state index contributed by atoms with van der Waals surface area (Å²) in [5.41, 5.74) is 4.74. The number of amides is 3. The number of hydrogen-bond acceptors (Lipinski definition) is 4. The van der Waals surface area contributed by atoms with E-state index in [2.05, 4.69) is 15.4 Å². The van der Waals surface area contributed by atoms with Gasteiger partial charge in [0.25, 0.3) is 0 Å². The Hall–Kier alpha value is -1.99. The van der Waals surface area contributed by atoms with Gasteiger partial charge in [-0.15, -0.1) is 0 Å². The van der Waals surface area contributed by atoms with Crippen LogP contribution in [0.5, 0.6) is 0 Å². The van der Waals surface area contributed by atoms with Crippen molar-refractivity contribution in [3.05, 3.63) is 0 Å². The van der Waals surface area contributed by atoms with E-state index in [0.29, 0.717) is 12.8 Å². The molecular weight excluding hydrogens is 242 g/mol. The van der Waals surface area contributed by atoms with Crippen LogP contribution in [0.15, 0.2) is 0 Å². The molecule has 0 radical (unpaired) electrons. The van der Waals surface area contributed by atoms with E-state index in [1.54, 1.807) is 0 Å². The minimum absolute atomic E-state index is 0.0181.